The van der Waals surface area contributed by atoms with Crippen LogP contribution in [-0.4, -0.2) is 30.6 Å². The van der Waals surface area contributed by atoms with Gasteiger partial charge in [0.1, 0.15) is 0 Å². The van der Waals surface area contributed by atoms with Crippen LogP contribution in [0.1, 0.15) is 51.4 Å². The molecule has 18 heavy (non-hydrogen) atoms. The molecule has 1 saturated heterocycles. The topological polar surface area (TPSA) is 32.3 Å². The zero-order chi connectivity index (χ0) is 12.4. The highest BCUT2D eigenvalue weighted by Gasteiger charge is 2.39. The van der Waals surface area contributed by atoms with Gasteiger partial charge in [0.25, 0.3) is 0 Å². The summed E-state index contributed by atoms with van der Waals surface area (Å²) < 4.78 is 0. The van der Waals surface area contributed by atoms with Gasteiger partial charge >= 0.3 is 6.03 Å². The number of carbonyl (C=O) groups excluding carboxylic acids is 1. The lowest BCUT2D eigenvalue weighted by molar-refractivity contribution is 0.195. The van der Waals surface area contributed by atoms with Gasteiger partial charge < -0.3 is 10.2 Å². The molecule has 2 aliphatic carbocycles. The Hall–Kier alpha value is -0.730. The van der Waals surface area contributed by atoms with Gasteiger partial charge in [0.05, 0.1) is 0 Å². The molecule has 0 radical (unpaired) electrons. The van der Waals surface area contributed by atoms with Crippen molar-refractivity contribution in [1.82, 2.24) is 10.2 Å². The number of amides is 2. The van der Waals surface area contributed by atoms with Crippen LogP contribution in [0.2, 0.25) is 0 Å². The lowest BCUT2D eigenvalue weighted by atomic mass is 9.89. The van der Waals surface area contributed by atoms with Gasteiger partial charge in [-0.3, -0.25) is 0 Å². The normalized spacial score (nSPS) is 35.6. The molecule has 3 heteroatoms. The van der Waals surface area contributed by atoms with Gasteiger partial charge in [0.15, 0.2) is 0 Å². The third kappa shape index (κ3) is 2.65. The van der Waals surface area contributed by atoms with E-state index in [9.17, 15) is 4.79 Å². The number of likely N-dealkylation sites (tertiary alicyclic amines) is 1. The van der Waals surface area contributed by atoms with Gasteiger partial charge in [0, 0.05) is 19.6 Å². The number of rotatable bonds is 2. The molecule has 3 nitrogen and oxygen atoms in total. The Morgan fingerprint density at radius 3 is 2.44 bits per heavy atom. The van der Waals surface area contributed by atoms with Crippen molar-refractivity contribution in [2.45, 2.75) is 51.4 Å². The maximum Gasteiger partial charge on any atom is 0.317 e. The van der Waals surface area contributed by atoms with E-state index in [2.05, 4.69) is 5.32 Å². The zero-order valence-electron chi connectivity index (χ0n) is 11.4. The van der Waals surface area contributed by atoms with Gasteiger partial charge in [0.2, 0.25) is 0 Å². The van der Waals surface area contributed by atoms with Crippen LogP contribution in [-0.2, 0) is 0 Å². The Balaban J connectivity index is 1.43. The molecule has 3 rings (SSSR count). The van der Waals surface area contributed by atoms with Crippen molar-refractivity contribution in [3.05, 3.63) is 0 Å². The summed E-state index contributed by atoms with van der Waals surface area (Å²) in [5, 5.41) is 3.19. The van der Waals surface area contributed by atoms with Gasteiger partial charge in [-0.1, -0.05) is 19.3 Å². The van der Waals surface area contributed by atoms with Gasteiger partial charge in [-0.05, 0) is 49.9 Å². The van der Waals surface area contributed by atoms with E-state index in [0.717, 1.165) is 37.4 Å². The molecule has 0 aromatic rings. The number of nitrogens with one attached hydrogen (secondary N) is 1. The van der Waals surface area contributed by atoms with Crippen molar-refractivity contribution >= 4 is 6.03 Å². The summed E-state index contributed by atoms with van der Waals surface area (Å²) >= 11 is 0. The summed E-state index contributed by atoms with van der Waals surface area (Å²) in [6.07, 6.45) is 10.6. The second kappa shape index (κ2) is 5.50. The van der Waals surface area contributed by atoms with Gasteiger partial charge in [-0.25, -0.2) is 4.79 Å². The standard InChI is InChI=1S/C15H26N2O/c18-15(17-7-3-1-2-4-8-17)16-11-14-10-12-5-6-13(14)9-12/h12-14H,1-11H2,(H,16,18). The van der Waals surface area contributed by atoms with E-state index in [1.54, 1.807) is 0 Å². The fourth-order valence-electron chi connectivity index (χ4n) is 4.23. The molecule has 1 aliphatic heterocycles. The third-order valence-electron chi connectivity index (χ3n) is 5.29. The van der Waals surface area contributed by atoms with Crippen LogP contribution in [0.25, 0.3) is 0 Å². The summed E-state index contributed by atoms with van der Waals surface area (Å²) in [5.41, 5.74) is 0. The summed E-state index contributed by atoms with van der Waals surface area (Å²) in [6.45, 7) is 2.85. The Morgan fingerprint density at radius 2 is 1.83 bits per heavy atom. The molecule has 0 spiro atoms. The summed E-state index contributed by atoms with van der Waals surface area (Å²) in [6, 6.07) is 0.194. The number of urea groups is 1. The molecule has 0 aromatic heterocycles. The zero-order valence-corrected chi connectivity index (χ0v) is 11.4. The maximum absolute atomic E-state index is 12.1. The average Bonchev–Trinajstić information content (AvgIpc) is 2.89. The molecule has 1 heterocycles. The summed E-state index contributed by atoms with van der Waals surface area (Å²) in [5.74, 6) is 2.68. The predicted molar refractivity (Wildman–Crippen MR) is 72.4 cm³/mol. The van der Waals surface area contributed by atoms with Crippen molar-refractivity contribution in [2.75, 3.05) is 19.6 Å². The first kappa shape index (κ1) is 12.3. The Labute approximate surface area is 110 Å². The van der Waals surface area contributed by atoms with E-state index < -0.39 is 0 Å². The molecule has 1 N–H and O–H groups in total. The van der Waals surface area contributed by atoms with Crippen molar-refractivity contribution in [3.8, 4) is 0 Å². The van der Waals surface area contributed by atoms with Gasteiger partial charge in [-0.15, -0.1) is 0 Å². The van der Waals surface area contributed by atoms with E-state index >= 15 is 0 Å². The fraction of sp³-hybridized carbons (Fsp3) is 0.933. The van der Waals surface area contributed by atoms with E-state index in [-0.39, 0.29) is 6.03 Å². The Bertz CT molecular complexity index is 297. The number of hydrogen-bond acceptors (Lipinski definition) is 1. The average molecular weight is 250 g/mol. The molecule has 2 bridgehead atoms. The molecule has 3 fully saturated rings. The Kier molecular flexibility index (Phi) is 3.76. The fourth-order valence-corrected chi connectivity index (χ4v) is 4.23. The van der Waals surface area contributed by atoms with Crippen LogP contribution in [0, 0.1) is 17.8 Å². The molecule has 102 valence electrons. The predicted octanol–water partition coefficient (Wildman–Crippen LogP) is 3.01. The lowest BCUT2D eigenvalue weighted by Gasteiger charge is -2.25. The quantitative estimate of drug-likeness (QED) is 0.803. The van der Waals surface area contributed by atoms with Crippen LogP contribution in [0.5, 0.6) is 0 Å². The maximum atomic E-state index is 12.1. The van der Waals surface area contributed by atoms with Crippen molar-refractivity contribution in [1.29, 1.82) is 0 Å². The molecule has 3 atom stereocenters. The smallest absolute Gasteiger partial charge is 0.317 e. The van der Waals surface area contributed by atoms with E-state index in [4.69, 9.17) is 0 Å². The minimum Gasteiger partial charge on any atom is -0.338 e. The van der Waals surface area contributed by atoms with Crippen molar-refractivity contribution < 1.29 is 4.79 Å². The second-order valence-corrected chi connectivity index (χ2v) is 6.52. The molecule has 0 aromatic carbocycles. The monoisotopic (exact) mass is 250 g/mol. The van der Waals surface area contributed by atoms with E-state index in [1.165, 1.54) is 51.4 Å². The van der Waals surface area contributed by atoms with Crippen LogP contribution >= 0.6 is 0 Å². The molecule has 3 unspecified atom stereocenters. The highest BCUT2D eigenvalue weighted by Crippen LogP contribution is 2.47. The minimum atomic E-state index is 0.194. The first-order valence-corrected chi connectivity index (χ1v) is 7.85. The van der Waals surface area contributed by atoms with E-state index in [1.807, 2.05) is 4.90 Å². The number of nitrogens with zero attached hydrogens (tertiary/aromatic N) is 1. The highest BCUT2D eigenvalue weighted by atomic mass is 16.2. The highest BCUT2D eigenvalue weighted by molar-refractivity contribution is 5.74. The first-order chi connectivity index (χ1) is 8.83. The lowest BCUT2D eigenvalue weighted by Crippen LogP contribution is -2.42. The first-order valence-electron chi connectivity index (χ1n) is 7.85. The SMILES string of the molecule is O=C(NCC1CC2CCC1C2)N1CCCCCC1. The summed E-state index contributed by atoms with van der Waals surface area (Å²) in [4.78, 5) is 14.2. The number of hydrogen-bond donors (Lipinski definition) is 1. The number of carbonyl (C=O) groups is 1. The van der Waals surface area contributed by atoms with Crippen LogP contribution in [0.15, 0.2) is 0 Å². The Morgan fingerprint density at radius 1 is 1.06 bits per heavy atom. The van der Waals surface area contributed by atoms with Crippen LogP contribution in [0.3, 0.4) is 0 Å². The minimum absolute atomic E-state index is 0.194. The van der Waals surface area contributed by atoms with Crippen LogP contribution in [0.4, 0.5) is 4.79 Å². The van der Waals surface area contributed by atoms with Crippen molar-refractivity contribution in [3.63, 3.8) is 0 Å². The third-order valence-corrected chi connectivity index (χ3v) is 5.29. The molecule has 2 amide bonds. The van der Waals surface area contributed by atoms with Crippen molar-refractivity contribution in [2.24, 2.45) is 17.8 Å². The van der Waals surface area contributed by atoms with Crippen LogP contribution < -0.4 is 5.32 Å². The molecule has 3 aliphatic rings. The molecular weight excluding hydrogens is 224 g/mol. The van der Waals surface area contributed by atoms with E-state index in [0.29, 0.717) is 0 Å². The summed E-state index contributed by atoms with van der Waals surface area (Å²) in [7, 11) is 0. The largest absolute Gasteiger partial charge is 0.338 e. The second-order valence-electron chi connectivity index (χ2n) is 6.52. The molecular formula is C15H26N2O. The number of fused-ring (bicyclic) bond motifs is 2. The molecule has 2 saturated carbocycles. The van der Waals surface area contributed by atoms with Gasteiger partial charge in [-0.2, -0.15) is 0 Å².